The largest absolute Gasteiger partial charge is 0.370 e. The minimum Gasteiger partial charge on any atom is -0.370 e. The summed E-state index contributed by atoms with van der Waals surface area (Å²) < 4.78 is 0. The maximum atomic E-state index is 5.69. The lowest BCUT2D eigenvalue weighted by Gasteiger charge is -2.08. The highest BCUT2D eigenvalue weighted by Gasteiger charge is 1.96. The van der Waals surface area contributed by atoms with Gasteiger partial charge in [0.2, 0.25) is 0 Å². The van der Waals surface area contributed by atoms with Crippen LogP contribution in [0.15, 0.2) is 4.99 Å². The fourth-order valence-electron chi connectivity index (χ4n) is 1.56. The fourth-order valence-corrected chi connectivity index (χ4v) is 1.56. The molecule has 0 saturated carbocycles. The van der Waals surface area contributed by atoms with Crippen LogP contribution in [-0.2, 0) is 0 Å². The average Bonchev–Trinajstić information content (AvgIpc) is 2.14. The third kappa shape index (κ3) is 16.0. The van der Waals surface area contributed by atoms with Crippen molar-refractivity contribution >= 4 is 29.9 Å². The Morgan fingerprint density at radius 1 is 1.06 bits per heavy atom. The lowest BCUT2D eigenvalue weighted by Crippen LogP contribution is -2.36. The number of nitrogens with one attached hydrogen (secondary N) is 1. The number of unbranched alkanes of at least 4 members (excludes halogenated alkanes) is 3. The van der Waals surface area contributed by atoms with Crippen LogP contribution in [0.25, 0.3) is 0 Å². The molecule has 0 amide bonds. The molecule has 104 valence electrons. The highest BCUT2D eigenvalue weighted by Crippen LogP contribution is 2.09. The molecule has 0 aromatic heterocycles. The van der Waals surface area contributed by atoms with E-state index < -0.39 is 0 Å². The van der Waals surface area contributed by atoms with Crippen molar-refractivity contribution in [2.45, 2.75) is 65.8 Å². The maximum Gasteiger partial charge on any atom is 0.188 e. The minimum atomic E-state index is 0. The third-order valence-corrected chi connectivity index (χ3v) is 2.41. The zero-order valence-corrected chi connectivity index (χ0v) is 14.2. The number of guanidine groups is 1. The smallest absolute Gasteiger partial charge is 0.188 e. The third-order valence-electron chi connectivity index (χ3n) is 2.41. The molecule has 0 aromatic carbocycles. The Labute approximate surface area is 124 Å². The number of halogens is 1. The average molecular weight is 355 g/mol. The van der Waals surface area contributed by atoms with Gasteiger partial charge in [-0.25, -0.2) is 0 Å². The normalized spacial score (nSPS) is 11.8. The van der Waals surface area contributed by atoms with Crippen molar-refractivity contribution in [3.05, 3.63) is 0 Å². The number of nitrogens with zero attached hydrogens (tertiary/aromatic N) is 1. The molecule has 4 heteroatoms. The van der Waals surface area contributed by atoms with Crippen LogP contribution in [0.2, 0.25) is 0 Å². The lowest BCUT2D eigenvalue weighted by atomic mass is 10.0. The van der Waals surface area contributed by atoms with Crippen molar-refractivity contribution in [2.75, 3.05) is 6.54 Å². The van der Waals surface area contributed by atoms with Gasteiger partial charge in [0.05, 0.1) is 0 Å². The van der Waals surface area contributed by atoms with Crippen molar-refractivity contribution in [1.82, 2.24) is 5.32 Å². The van der Waals surface area contributed by atoms with Crippen molar-refractivity contribution in [1.29, 1.82) is 0 Å². The Bertz CT molecular complexity index is 191. The standard InChI is InChI=1S/C13H29N3.HI/c1-11(2)9-7-5-6-8-10-15-13(14)16-12(3)4;/h11-12H,5-10H2,1-4H3,(H3,14,15,16);1H. The molecule has 3 nitrogen and oxygen atoms in total. The summed E-state index contributed by atoms with van der Waals surface area (Å²) in [6, 6.07) is 0.370. The van der Waals surface area contributed by atoms with Crippen LogP contribution in [0.4, 0.5) is 0 Å². The molecular formula is C13H30IN3. The Morgan fingerprint density at radius 3 is 2.18 bits per heavy atom. The molecule has 0 aliphatic heterocycles. The monoisotopic (exact) mass is 355 g/mol. The second kappa shape index (κ2) is 12.5. The second-order valence-electron chi connectivity index (χ2n) is 5.16. The van der Waals surface area contributed by atoms with E-state index in [0.29, 0.717) is 12.0 Å². The van der Waals surface area contributed by atoms with Gasteiger partial charge >= 0.3 is 0 Å². The van der Waals surface area contributed by atoms with Crippen LogP contribution >= 0.6 is 24.0 Å². The van der Waals surface area contributed by atoms with Gasteiger partial charge in [-0.3, -0.25) is 4.99 Å². The number of nitrogens with two attached hydrogens (primary N) is 1. The fraction of sp³-hybridized carbons (Fsp3) is 0.923. The number of rotatable bonds is 8. The molecule has 17 heavy (non-hydrogen) atoms. The van der Waals surface area contributed by atoms with E-state index in [1.165, 1.54) is 25.7 Å². The Balaban J connectivity index is 0. The second-order valence-corrected chi connectivity index (χ2v) is 5.16. The topological polar surface area (TPSA) is 50.4 Å². The summed E-state index contributed by atoms with van der Waals surface area (Å²) in [4.78, 5) is 4.28. The summed E-state index contributed by atoms with van der Waals surface area (Å²) in [5.74, 6) is 1.42. The number of aliphatic imine (C=N–C) groups is 1. The predicted molar refractivity (Wildman–Crippen MR) is 88.1 cm³/mol. The molecule has 0 aliphatic rings. The first-order chi connectivity index (χ1) is 7.52. The van der Waals surface area contributed by atoms with Crippen molar-refractivity contribution in [2.24, 2.45) is 16.6 Å². The van der Waals surface area contributed by atoms with Crippen molar-refractivity contribution in [3.8, 4) is 0 Å². The summed E-state index contributed by atoms with van der Waals surface area (Å²) in [5, 5.41) is 3.09. The van der Waals surface area contributed by atoms with Crippen LogP contribution in [0.3, 0.4) is 0 Å². The first-order valence-corrected chi connectivity index (χ1v) is 6.58. The van der Waals surface area contributed by atoms with Crippen LogP contribution in [0.1, 0.15) is 59.8 Å². The zero-order chi connectivity index (χ0) is 12.4. The van der Waals surface area contributed by atoms with E-state index in [0.717, 1.165) is 18.9 Å². The molecule has 0 saturated heterocycles. The summed E-state index contributed by atoms with van der Waals surface area (Å²) in [5.41, 5.74) is 5.69. The van der Waals surface area contributed by atoms with Gasteiger partial charge in [-0.2, -0.15) is 0 Å². The molecule has 0 rings (SSSR count). The molecule has 0 heterocycles. The van der Waals surface area contributed by atoms with Crippen molar-refractivity contribution < 1.29 is 0 Å². The van der Waals surface area contributed by atoms with Crippen molar-refractivity contribution in [3.63, 3.8) is 0 Å². The van der Waals surface area contributed by atoms with E-state index in [4.69, 9.17) is 5.73 Å². The predicted octanol–water partition coefficient (Wildman–Crippen LogP) is 3.52. The Hall–Kier alpha value is 0. The van der Waals surface area contributed by atoms with Gasteiger partial charge in [-0.05, 0) is 26.2 Å². The first-order valence-electron chi connectivity index (χ1n) is 6.58. The van der Waals surface area contributed by atoms with Crippen LogP contribution in [0.5, 0.6) is 0 Å². The van der Waals surface area contributed by atoms with E-state index >= 15 is 0 Å². The van der Waals surface area contributed by atoms with Gasteiger partial charge < -0.3 is 11.1 Å². The highest BCUT2D eigenvalue weighted by atomic mass is 127. The highest BCUT2D eigenvalue weighted by molar-refractivity contribution is 14.0. The van der Waals surface area contributed by atoms with E-state index in [2.05, 4.69) is 38.0 Å². The molecule has 0 atom stereocenters. The van der Waals surface area contributed by atoms with Crippen LogP contribution < -0.4 is 11.1 Å². The molecular weight excluding hydrogens is 325 g/mol. The minimum absolute atomic E-state index is 0. The van der Waals surface area contributed by atoms with Gasteiger partial charge in [-0.1, -0.05) is 39.5 Å². The van der Waals surface area contributed by atoms with Gasteiger partial charge in [0, 0.05) is 12.6 Å². The zero-order valence-electron chi connectivity index (χ0n) is 11.8. The lowest BCUT2D eigenvalue weighted by molar-refractivity contribution is 0.521. The Kier molecular flexibility index (Phi) is 14.2. The molecule has 0 radical (unpaired) electrons. The molecule has 0 bridgehead atoms. The van der Waals surface area contributed by atoms with E-state index in [9.17, 15) is 0 Å². The molecule has 0 aromatic rings. The summed E-state index contributed by atoms with van der Waals surface area (Å²) in [6.45, 7) is 9.54. The number of hydrogen-bond donors (Lipinski definition) is 2. The molecule has 0 spiro atoms. The summed E-state index contributed by atoms with van der Waals surface area (Å²) >= 11 is 0. The van der Waals surface area contributed by atoms with Gasteiger partial charge in [0.15, 0.2) is 5.96 Å². The van der Waals surface area contributed by atoms with Gasteiger partial charge in [-0.15, -0.1) is 24.0 Å². The summed E-state index contributed by atoms with van der Waals surface area (Å²) in [7, 11) is 0. The number of hydrogen-bond acceptors (Lipinski definition) is 1. The van der Waals surface area contributed by atoms with E-state index in [1.54, 1.807) is 0 Å². The van der Waals surface area contributed by atoms with E-state index in [-0.39, 0.29) is 24.0 Å². The SMILES string of the molecule is CC(C)CCCCCCN=C(N)NC(C)C.I. The van der Waals surface area contributed by atoms with Crippen LogP contribution in [0, 0.1) is 5.92 Å². The van der Waals surface area contributed by atoms with Gasteiger partial charge in [0.1, 0.15) is 0 Å². The molecule has 0 fully saturated rings. The van der Waals surface area contributed by atoms with E-state index in [1.807, 2.05) is 0 Å². The first kappa shape index (κ1) is 19.3. The molecule has 0 aliphatic carbocycles. The molecule has 3 N–H and O–H groups in total. The van der Waals surface area contributed by atoms with Crippen LogP contribution in [-0.4, -0.2) is 18.5 Å². The molecule has 0 unspecified atom stereocenters. The maximum absolute atomic E-state index is 5.69. The quantitative estimate of drug-likeness (QED) is 0.303. The van der Waals surface area contributed by atoms with Gasteiger partial charge in [0.25, 0.3) is 0 Å². The summed E-state index contributed by atoms with van der Waals surface area (Å²) in [6.07, 6.45) is 6.44. The Morgan fingerprint density at radius 2 is 1.65 bits per heavy atom.